The van der Waals surface area contributed by atoms with Gasteiger partial charge in [0.2, 0.25) is 5.91 Å². The van der Waals surface area contributed by atoms with Crippen LogP contribution in [0.5, 0.6) is 5.75 Å². The maximum atomic E-state index is 16.3. The molecule has 1 saturated carbocycles. The van der Waals surface area contributed by atoms with E-state index in [-0.39, 0.29) is 29.1 Å². The maximum absolute atomic E-state index is 16.3. The number of benzene rings is 1. The second-order valence-electron chi connectivity index (χ2n) is 9.49. The molecule has 186 valence electrons. The lowest BCUT2D eigenvalue weighted by Crippen LogP contribution is -2.47. The van der Waals surface area contributed by atoms with E-state index >= 15 is 4.39 Å². The van der Waals surface area contributed by atoms with Gasteiger partial charge in [-0.1, -0.05) is 19.1 Å². The number of fused-ring (bicyclic) bond motifs is 2. The number of hydrogen-bond acceptors (Lipinski definition) is 5. The Morgan fingerprint density at radius 1 is 1.22 bits per heavy atom. The van der Waals surface area contributed by atoms with E-state index in [2.05, 4.69) is 16.8 Å². The summed E-state index contributed by atoms with van der Waals surface area (Å²) >= 11 is 0. The first-order valence-electron chi connectivity index (χ1n) is 11.9. The Morgan fingerprint density at radius 2 is 1.94 bits per heavy atom. The normalized spacial score (nSPS) is 16.4. The second-order valence-corrected chi connectivity index (χ2v) is 9.49. The lowest BCUT2D eigenvalue weighted by Gasteiger charge is -2.37. The number of amides is 1. The van der Waals surface area contributed by atoms with Crippen LogP contribution >= 0.6 is 0 Å². The average molecular weight is 490 g/mol. The van der Waals surface area contributed by atoms with Crippen LogP contribution in [0.15, 0.2) is 54.1 Å². The van der Waals surface area contributed by atoms with Gasteiger partial charge in [0.1, 0.15) is 5.69 Å². The van der Waals surface area contributed by atoms with Crippen molar-refractivity contribution < 1.29 is 13.9 Å². The van der Waals surface area contributed by atoms with Crippen LogP contribution in [0.4, 0.5) is 10.1 Å². The topological polar surface area (TPSA) is 82.2 Å². The highest BCUT2D eigenvalue weighted by atomic mass is 19.1. The zero-order chi connectivity index (χ0) is 25.8. The molecular weight excluding hydrogens is 461 g/mol. The van der Waals surface area contributed by atoms with Gasteiger partial charge in [-0.05, 0) is 57.9 Å². The third-order valence-corrected chi connectivity index (χ3v) is 7.12. The van der Waals surface area contributed by atoms with Crippen molar-refractivity contribution in [1.29, 1.82) is 0 Å². The summed E-state index contributed by atoms with van der Waals surface area (Å²) in [6.45, 7) is 9.39. The number of ether oxygens (including phenoxy) is 1. The smallest absolute Gasteiger partial charge is 0.251 e. The lowest BCUT2D eigenvalue weighted by molar-refractivity contribution is -0.126. The fourth-order valence-corrected chi connectivity index (χ4v) is 5.25. The van der Waals surface area contributed by atoms with Crippen molar-refractivity contribution in [2.75, 3.05) is 12.0 Å². The van der Waals surface area contributed by atoms with Crippen molar-refractivity contribution in [1.82, 2.24) is 19.6 Å². The monoisotopic (exact) mass is 489 g/mol. The van der Waals surface area contributed by atoms with Gasteiger partial charge in [-0.2, -0.15) is 10.2 Å². The number of hydrogen-bond donors (Lipinski definition) is 0. The Kier molecular flexibility index (Phi) is 5.65. The number of anilines is 1. The zero-order valence-electron chi connectivity index (χ0n) is 20.8. The number of allylic oxidation sites excluding steroid dienone is 3. The molecule has 3 heterocycles. The Hall–Kier alpha value is -4.01. The summed E-state index contributed by atoms with van der Waals surface area (Å²) in [6, 6.07) is 4.93. The van der Waals surface area contributed by atoms with E-state index in [0.717, 1.165) is 12.1 Å². The molecule has 1 aromatic carbocycles. The second kappa shape index (κ2) is 8.58. The minimum atomic E-state index is -0.836. The molecule has 0 saturated heterocycles. The molecule has 0 radical (unpaired) electrons. The van der Waals surface area contributed by atoms with Gasteiger partial charge in [0.25, 0.3) is 5.43 Å². The molecule has 0 bridgehead atoms. The molecule has 5 rings (SSSR count). The summed E-state index contributed by atoms with van der Waals surface area (Å²) in [6.07, 6.45) is 8.40. The predicted octanol–water partition coefficient (Wildman–Crippen LogP) is 4.47. The first-order valence-corrected chi connectivity index (χ1v) is 11.9. The van der Waals surface area contributed by atoms with Crippen LogP contribution in [0.3, 0.4) is 0 Å². The van der Waals surface area contributed by atoms with Crippen LogP contribution < -0.4 is 15.1 Å². The van der Waals surface area contributed by atoms with Gasteiger partial charge in [0, 0.05) is 17.3 Å². The minimum absolute atomic E-state index is 0.0104. The molecule has 36 heavy (non-hydrogen) atoms. The Balaban J connectivity index is 1.72. The summed E-state index contributed by atoms with van der Waals surface area (Å²) in [5.41, 5.74) is 1.10. The number of nitrogens with zero attached hydrogens (tertiary/aromatic N) is 5. The molecule has 0 N–H and O–H groups in total. The van der Waals surface area contributed by atoms with Crippen molar-refractivity contribution in [3.05, 3.63) is 70.9 Å². The quantitative estimate of drug-likeness (QED) is 0.478. The van der Waals surface area contributed by atoms with Crippen LogP contribution in [-0.2, 0) is 10.2 Å². The van der Waals surface area contributed by atoms with E-state index in [1.54, 1.807) is 46.1 Å². The van der Waals surface area contributed by atoms with Crippen LogP contribution in [0.1, 0.15) is 45.6 Å². The summed E-state index contributed by atoms with van der Waals surface area (Å²) in [4.78, 5) is 28.2. The largest absolute Gasteiger partial charge is 0.491 e. The van der Waals surface area contributed by atoms with Gasteiger partial charge < -0.3 is 9.64 Å². The number of methoxy groups -OCH3 is 1. The Bertz CT molecular complexity index is 1480. The molecule has 1 fully saturated rings. The van der Waals surface area contributed by atoms with E-state index in [1.807, 2.05) is 20.8 Å². The molecule has 0 atom stereocenters. The van der Waals surface area contributed by atoms with Gasteiger partial charge in [0.15, 0.2) is 17.3 Å². The van der Waals surface area contributed by atoms with Gasteiger partial charge >= 0.3 is 0 Å². The lowest BCUT2D eigenvalue weighted by atomic mass is 9.65. The molecule has 3 aromatic rings. The number of carbonyl (C=O) groups excluding carboxylic acids is 1. The fraction of sp³-hybridized carbons (Fsp3) is 0.333. The molecule has 2 aliphatic rings. The summed E-state index contributed by atoms with van der Waals surface area (Å²) < 4.78 is 24.5. The molecule has 1 aliphatic heterocycles. The first kappa shape index (κ1) is 23.7. The Labute approximate surface area is 208 Å². The number of rotatable bonds is 6. The van der Waals surface area contributed by atoms with E-state index in [1.165, 1.54) is 18.0 Å². The van der Waals surface area contributed by atoms with E-state index in [9.17, 15) is 9.59 Å². The van der Waals surface area contributed by atoms with Crippen LogP contribution in [0.2, 0.25) is 0 Å². The van der Waals surface area contributed by atoms with Crippen molar-refractivity contribution in [2.45, 2.75) is 51.5 Å². The summed E-state index contributed by atoms with van der Waals surface area (Å²) in [7, 11) is 1.38. The highest BCUT2D eigenvalue weighted by Crippen LogP contribution is 2.55. The maximum Gasteiger partial charge on any atom is 0.251 e. The van der Waals surface area contributed by atoms with Crippen LogP contribution in [-0.4, -0.2) is 38.6 Å². The molecule has 1 amide bonds. The molecule has 1 aliphatic carbocycles. The fourth-order valence-electron chi connectivity index (χ4n) is 5.25. The average Bonchev–Trinajstić information content (AvgIpc) is 3.40. The highest BCUT2D eigenvalue weighted by Gasteiger charge is 2.56. The van der Waals surface area contributed by atoms with Gasteiger partial charge in [0.05, 0.1) is 36.3 Å². The highest BCUT2D eigenvalue weighted by molar-refractivity contribution is 6.09. The molecule has 8 nitrogen and oxygen atoms in total. The molecule has 1 spiro atoms. The third-order valence-electron chi connectivity index (χ3n) is 7.12. The van der Waals surface area contributed by atoms with E-state index < -0.39 is 16.7 Å². The van der Waals surface area contributed by atoms with Crippen molar-refractivity contribution in [2.24, 2.45) is 0 Å². The van der Waals surface area contributed by atoms with Crippen molar-refractivity contribution in [3.63, 3.8) is 0 Å². The minimum Gasteiger partial charge on any atom is -0.491 e. The predicted molar refractivity (Wildman–Crippen MR) is 136 cm³/mol. The molecule has 9 heteroatoms. The van der Waals surface area contributed by atoms with E-state index in [4.69, 9.17) is 4.74 Å². The van der Waals surface area contributed by atoms with Crippen molar-refractivity contribution in [3.8, 4) is 22.8 Å². The van der Waals surface area contributed by atoms with E-state index in [0.29, 0.717) is 29.8 Å². The Morgan fingerprint density at radius 3 is 2.56 bits per heavy atom. The van der Waals surface area contributed by atoms with Crippen LogP contribution in [0.25, 0.3) is 22.8 Å². The molecular formula is C27H28FN5O3. The van der Waals surface area contributed by atoms with Gasteiger partial charge in [-0.25, -0.2) is 13.8 Å². The summed E-state index contributed by atoms with van der Waals surface area (Å²) in [5.74, 6) is -0.547. The SMILES string of the molecule is C=C/C=C(\C)n1nccc1-c1nn(-c2ccc3c(c2F)C2(CCC2)C(=O)N3C(C)C)cc(OC)c1=O. The molecule has 2 aromatic heterocycles. The zero-order valence-corrected chi connectivity index (χ0v) is 20.8. The first-order chi connectivity index (χ1) is 17.2. The summed E-state index contributed by atoms with van der Waals surface area (Å²) in [5, 5.41) is 8.82. The number of halogens is 1. The molecule has 0 unspecified atom stereocenters. The number of carbonyl (C=O) groups is 1. The van der Waals surface area contributed by atoms with Gasteiger partial charge in [-0.3, -0.25) is 9.59 Å². The number of aromatic nitrogens is 4. The van der Waals surface area contributed by atoms with Crippen molar-refractivity contribution >= 4 is 17.3 Å². The third kappa shape index (κ3) is 3.26. The van der Waals surface area contributed by atoms with Crippen LogP contribution in [0, 0.1) is 5.82 Å². The standard InChI is InChI=1S/C27H28FN5O3/c1-6-8-17(4)33-20(11-14-29-33)24-25(34)21(36-5)15-31(30-24)19-10-9-18-22(23(19)28)27(12-7-13-27)26(35)32(18)16(2)3/h6,8-11,14-16H,1,7,12-13H2,2-5H3/b17-8+. The van der Waals surface area contributed by atoms with Gasteiger partial charge in [-0.15, -0.1) is 0 Å².